The zero-order valence-corrected chi connectivity index (χ0v) is 9.45. The van der Waals surface area contributed by atoms with E-state index in [9.17, 15) is 4.79 Å². The van der Waals surface area contributed by atoms with Crippen LogP contribution in [0.25, 0.3) is 0 Å². The van der Waals surface area contributed by atoms with E-state index in [0.29, 0.717) is 13.1 Å². The predicted octanol–water partition coefficient (Wildman–Crippen LogP) is 0.114. The van der Waals surface area contributed by atoms with Gasteiger partial charge in [0.25, 0.3) is 0 Å². The lowest BCUT2D eigenvalue weighted by Gasteiger charge is -2.23. The molecular formula is C10H18N4O. The van der Waals surface area contributed by atoms with Gasteiger partial charge in [-0.25, -0.2) is 4.98 Å². The molecule has 1 rings (SSSR count). The Kier molecular flexibility index (Phi) is 3.47. The molecule has 0 atom stereocenters. The van der Waals surface area contributed by atoms with Gasteiger partial charge in [0.1, 0.15) is 0 Å². The van der Waals surface area contributed by atoms with Crippen LogP contribution in [0.4, 0.5) is 0 Å². The Morgan fingerprint density at radius 2 is 2.33 bits per heavy atom. The molecule has 1 heterocycles. The normalized spacial score (nSPS) is 11.5. The first-order valence-electron chi connectivity index (χ1n) is 4.92. The third kappa shape index (κ3) is 2.56. The summed E-state index contributed by atoms with van der Waals surface area (Å²) in [6, 6.07) is 0. The van der Waals surface area contributed by atoms with E-state index in [2.05, 4.69) is 10.3 Å². The Bertz CT molecular complexity index is 343. The van der Waals surface area contributed by atoms with Gasteiger partial charge < -0.3 is 15.6 Å². The van der Waals surface area contributed by atoms with Crippen molar-refractivity contribution in [3.8, 4) is 0 Å². The predicted molar refractivity (Wildman–Crippen MR) is 58.0 cm³/mol. The van der Waals surface area contributed by atoms with Gasteiger partial charge in [0, 0.05) is 26.3 Å². The fourth-order valence-electron chi connectivity index (χ4n) is 1.50. The summed E-state index contributed by atoms with van der Waals surface area (Å²) in [6.45, 7) is 4.81. The number of carbonyl (C=O) groups excluding carboxylic acids is 1. The highest BCUT2D eigenvalue weighted by Gasteiger charge is 2.27. The van der Waals surface area contributed by atoms with Gasteiger partial charge in [0.2, 0.25) is 5.91 Å². The van der Waals surface area contributed by atoms with Crippen LogP contribution >= 0.6 is 0 Å². The Hall–Kier alpha value is -1.36. The van der Waals surface area contributed by atoms with Crippen LogP contribution in [-0.4, -0.2) is 22.5 Å². The molecule has 0 aliphatic heterocycles. The van der Waals surface area contributed by atoms with E-state index in [1.54, 1.807) is 19.6 Å². The highest BCUT2D eigenvalue weighted by atomic mass is 16.2. The van der Waals surface area contributed by atoms with Crippen molar-refractivity contribution >= 4 is 5.91 Å². The van der Waals surface area contributed by atoms with Crippen LogP contribution in [0.3, 0.4) is 0 Å². The summed E-state index contributed by atoms with van der Waals surface area (Å²) in [6.07, 6.45) is 3.42. The smallest absolute Gasteiger partial charge is 0.227 e. The standard InChI is InChI=1S/C10H18N4O/c1-10(2,9(15)12-3)6-14-7-13-5-8(14)4-11/h5,7H,4,6,11H2,1-3H3,(H,12,15). The Balaban J connectivity index is 2.81. The minimum absolute atomic E-state index is 0.0131. The fourth-order valence-corrected chi connectivity index (χ4v) is 1.50. The van der Waals surface area contributed by atoms with Crippen molar-refractivity contribution in [2.45, 2.75) is 26.9 Å². The van der Waals surface area contributed by atoms with Crippen molar-refractivity contribution in [3.05, 3.63) is 18.2 Å². The molecule has 0 radical (unpaired) electrons. The molecule has 1 aromatic heterocycles. The number of hydrogen-bond donors (Lipinski definition) is 2. The molecule has 0 spiro atoms. The number of amides is 1. The van der Waals surface area contributed by atoms with Crippen molar-refractivity contribution in [1.29, 1.82) is 0 Å². The number of nitrogens with zero attached hydrogens (tertiary/aromatic N) is 2. The van der Waals surface area contributed by atoms with E-state index >= 15 is 0 Å². The third-order valence-electron chi connectivity index (χ3n) is 2.42. The molecule has 1 aromatic rings. The largest absolute Gasteiger partial charge is 0.359 e. The van der Waals surface area contributed by atoms with Gasteiger partial charge in [-0.15, -0.1) is 0 Å². The maximum Gasteiger partial charge on any atom is 0.227 e. The van der Waals surface area contributed by atoms with Gasteiger partial charge >= 0.3 is 0 Å². The average Bonchev–Trinajstić information content (AvgIpc) is 2.63. The summed E-state index contributed by atoms with van der Waals surface area (Å²) in [5.74, 6) is 0.0131. The topological polar surface area (TPSA) is 72.9 Å². The van der Waals surface area contributed by atoms with Crippen LogP contribution in [0.1, 0.15) is 19.5 Å². The molecule has 0 saturated carbocycles. The molecule has 0 fully saturated rings. The maximum absolute atomic E-state index is 11.6. The number of aromatic nitrogens is 2. The molecular weight excluding hydrogens is 192 g/mol. The maximum atomic E-state index is 11.6. The lowest BCUT2D eigenvalue weighted by Crippen LogP contribution is -2.38. The average molecular weight is 210 g/mol. The Morgan fingerprint density at radius 1 is 1.67 bits per heavy atom. The molecule has 0 aliphatic rings. The van der Waals surface area contributed by atoms with Crippen molar-refractivity contribution in [3.63, 3.8) is 0 Å². The SMILES string of the molecule is CNC(=O)C(C)(C)Cn1cncc1CN. The molecule has 0 saturated heterocycles. The first-order chi connectivity index (χ1) is 7.01. The van der Waals surface area contributed by atoms with E-state index in [1.165, 1.54) is 0 Å². The van der Waals surface area contributed by atoms with Gasteiger partial charge in [0.05, 0.1) is 17.4 Å². The quantitative estimate of drug-likeness (QED) is 0.741. The van der Waals surface area contributed by atoms with Gasteiger partial charge in [-0.2, -0.15) is 0 Å². The molecule has 0 unspecified atom stereocenters. The minimum Gasteiger partial charge on any atom is -0.359 e. The molecule has 0 bridgehead atoms. The number of rotatable bonds is 4. The van der Waals surface area contributed by atoms with Gasteiger partial charge in [-0.05, 0) is 13.8 Å². The van der Waals surface area contributed by atoms with Crippen LogP contribution in [0.5, 0.6) is 0 Å². The minimum atomic E-state index is -0.459. The molecule has 15 heavy (non-hydrogen) atoms. The van der Waals surface area contributed by atoms with E-state index in [4.69, 9.17) is 5.73 Å². The number of carbonyl (C=O) groups is 1. The first kappa shape index (κ1) is 11.7. The lowest BCUT2D eigenvalue weighted by atomic mass is 9.92. The van der Waals surface area contributed by atoms with Crippen molar-refractivity contribution in [2.75, 3.05) is 7.05 Å². The molecule has 1 amide bonds. The van der Waals surface area contributed by atoms with Crippen LogP contribution in [0.2, 0.25) is 0 Å². The van der Waals surface area contributed by atoms with Gasteiger partial charge in [-0.3, -0.25) is 4.79 Å². The van der Waals surface area contributed by atoms with E-state index in [1.807, 2.05) is 18.4 Å². The fraction of sp³-hybridized carbons (Fsp3) is 0.600. The summed E-state index contributed by atoms with van der Waals surface area (Å²) in [4.78, 5) is 15.6. The number of imidazole rings is 1. The number of nitrogens with one attached hydrogen (secondary N) is 1. The summed E-state index contributed by atoms with van der Waals surface area (Å²) in [5, 5.41) is 2.65. The van der Waals surface area contributed by atoms with Crippen LogP contribution in [-0.2, 0) is 17.9 Å². The summed E-state index contributed by atoms with van der Waals surface area (Å²) >= 11 is 0. The second kappa shape index (κ2) is 4.44. The first-order valence-corrected chi connectivity index (χ1v) is 4.92. The lowest BCUT2D eigenvalue weighted by molar-refractivity contribution is -0.129. The van der Waals surface area contributed by atoms with Gasteiger partial charge in [0.15, 0.2) is 0 Å². The molecule has 0 aliphatic carbocycles. The highest BCUT2D eigenvalue weighted by Crippen LogP contribution is 2.19. The van der Waals surface area contributed by atoms with Crippen molar-refractivity contribution in [2.24, 2.45) is 11.1 Å². The summed E-state index contributed by atoms with van der Waals surface area (Å²) < 4.78 is 1.91. The molecule has 84 valence electrons. The second-order valence-electron chi connectivity index (χ2n) is 4.18. The van der Waals surface area contributed by atoms with Crippen LogP contribution in [0, 0.1) is 5.41 Å². The molecule has 5 nitrogen and oxygen atoms in total. The van der Waals surface area contributed by atoms with E-state index in [-0.39, 0.29) is 5.91 Å². The summed E-state index contributed by atoms with van der Waals surface area (Å²) in [7, 11) is 1.64. The van der Waals surface area contributed by atoms with Gasteiger partial charge in [-0.1, -0.05) is 0 Å². The Labute approximate surface area is 89.7 Å². The van der Waals surface area contributed by atoms with Crippen molar-refractivity contribution < 1.29 is 4.79 Å². The zero-order valence-electron chi connectivity index (χ0n) is 9.45. The number of nitrogens with two attached hydrogens (primary N) is 1. The number of hydrogen-bond acceptors (Lipinski definition) is 3. The van der Waals surface area contributed by atoms with Crippen LogP contribution < -0.4 is 11.1 Å². The monoisotopic (exact) mass is 210 g/mol. The third-order valence-corrected chi connectivity index (χ3v) is 2.42. The summed E-state index contributed by atoms with van der Waals surface area (Å²) in [5.41, 5.74) is 6.04. The molecule has 0 aromatic carbocycles. The zero-order chi connectivity index (χ0) is 11.5. The molecule has 3 N–H and O–H groups in total. The van der Waals surface area contributed by atoms with E-state index < -0.39 is 5.41 Å². The highest BCUT2D eigenvalue weighted by molar-refractivity contribution is 5.81. The van der Waals surface area contributed by atoms with Crippen LogP contribution in [0.15, 0.2) is 12.5 Å². The molecule has 5 heteroatoms. The van der Waals surface area contributed by atoms with E-state index in [0.717, 1.165) is 5.69 Å². The second-order valence-corrected chi connectivity index (χ2v) is 4.18. The van der Waals surface area contributed by atoms with Crippen molar-refractivity contribution in [1.82, 2.24) is 14.9 Å². The Morgan fingerprint density at radius 3 is 2.87 bits per heavy atom.